The third-order valence-corrected chi connectivity index (χ3v) is 6.83. The molecule has 0 radical (unpaired) electrons. The van der Waals surface area contributed by atoms with E-state index in [1.807, 2.05) is 13.0 Å². The highest BCUT2D eigenvalue weighted by atomic mass is 16.7. The van der Waals surface area contributed by atoms with Gasteiger partial charge in [-0.05, 0) is 19.3 Å². The molecule has 8 atom stereocenters. The maximum atomic E-state index is 12.5. The van der Waals surface area contributed by atoms with Gasteiger partial charge in [-0.25, -0.2) is 0 Å². The lowest BCUT2D eigenvalue weighted by Crippen LogP contribution is -2.49. The lowest BCUT2D eigenvalue weighted by molar-refractivity contribution is -0.174. The normalized spacial score (nSPS) is 39.5. The van der Waals surface area contributed by atoms with E-state index in [4.69, 9.17) is 18.9 Å². The van der Waals surface area contributed by atoms with E-state index < -0.39 is 24.1 Å². The van der Waals surface area contributed by atoms with E-state index >= 15 is 0 Å². The molecule has 1 spiro atoms. The van der Waals surface area contributed by atoms with Crippen LogP contribution in [0.15, 0.2) is 23.8 Å². The molecule has 0 aromatic carbocycles. The zero-order chi connectivity index (χ0) is 22.2. The smallest absolute Gasteiger partial charge is 0.244 e. The summed E-state index contributed by atoms with van der Waals surface area (Å²) in [6, 6.07) is -0.327. The molecule has 4 aliphatic rings. The molecule has 0 aromatic heterocycles. The molecule has 3 saturated heterocycles. The van der Waals surface area contributed by atoms with Gasteiger partial charge < -0.3 is 24.3 Å². The Kier molecular flexibility index (Phi) is 6.68. The molecule has 1 amide bonds. The first-order chi connectivity index (χ1) is 14.9. The second kappa shape index (κ2) is 9.14. The number of carbonyl (C=O) groups excluding carboxylic acids is 2. The molecule has 3 aliphatic heterocycles. The summed E-state index contributed by atoms with van der Waals surface area (Å²) in [4.78, 5) is 24.6. The molecule has 1 aliphatic carbocycles. The fourth-order valence-electron chi connectivity index (χ4n) is 5.13. The zero-order valence-corrected chi connectivity index (χ0v) is 19.0. The third-order valence-electron chi connectivity index (χ3n) is 6.83. The third kappa shape index (κ3) is 4.65. The Labute approximate surface area is 184 Å². The topological polar surface area (TPSA) is 89.7 Å². The number of rotatable bonds is 10. The van der Waals surface area contributed by atoms with Crippen LogP contribution in [0.3, 0.4) is 0 Å². The van der Waals surface area contributed by atoms with Crippen molar-refractivity contribution < 1.29 is 28.5 Å². The molecule has 3 heterocycles. The average molecular weight is 434 g/mol. The lowest BCUT2D eigenvalue weighted by Gasteiger charge is -2.26. The second-order valence-electron chi connectivity index (χ2n) is 9.42. The summed E-state index contributed by atoms with van der Waals surface area (Å²) in [5, 5.41) is 3.00. The van der Waals surface area contributed by atoms with Crippen LogP contribution in [0.4, 0.5) is 0 Å². The molecular formula is C24H35NO6. The highest BCUT2D eigenvalue weighted by Crippen LogP contribution is 2.57. The summed E-state index contributed by atoms with van der Waals surface area (Å²) < 4.78 is 22.8. The number of nitrogens with one attached hydrogen (secondary N) is 1. The van der Waals surface area contributed by atoms with Crippen LogP contribution in [-0.4, -0.2) is 61.1 Å². The number of unbranched alkanes of at least 4 members (excludes halogenated alkanes) is 3. The van der Waals surface area contributed by atoms with Gasteiger partial charge >= 0.3 is 0 Å². The lowest BCUT2D eigenvalue weighted by atomic mass is 9.81. The predicted molar refractivity (Wildman–Crippen MR) is 114 cm³/mol. The predicted octanol–water partition coefficient (Wildman–Crippen LogP) is 2.83. The Morgan fingerprint density at radius 1 is 1.23 bits per heavy atom. The molecule has 1 saturated carbocycles. The first kappa shape index (κ1) is 22.6. The molecule has 0 aromatic rings. The summed E-state index contributed by atoms with van der Waals surface area (Å²) >= 11 is 0. The number of Topliss-reactive ketones (excluding diaryl/α,β-unsaturated/α-hetero) is 1. The van der Waals surface area contributed by atoms with Crippen molar-refractivity contribution in [2.24, 2.45) is 5.92 Å². The molecule has 7 heteroatoms. The number of fused-ring (bicyclic) bond motifs is 4. The van der Waals surface area contributed by atoms with Gasteiger partial charge in [0.15, 0.2) is 12.1 Å². The second-order valence-corrected chi connectivity index (χ2v) is 9.42. The fraction of sp³-hybridized carbons (Fsp3) is 0.750. The molecule has 7 nitrogen and oxygen atoms in total. The number of methoxy groups -OCH3 is 1. The Balaban J connectivity index is 1.29. The van der Waals surface area contributed by atoms with E-state index in [0.717, 1.165) is 5.57 Å². The van der Waals surface area contributed by atoms with E-state index in [-0.39, 0.29) is 29.9 Å². The van der Waals surface area contributed by atoms with E-state index in [0.29, 0.717) is 12.3 Å². The Morgan fingerprint density at radius 3 is 2.58 bits per heavy atom. The van der Waals surface area contributed by atoms with Crippen LogP contribution in [0.1, 0.15) is 59.3 Å². The van der Waals surface area contributed by atoms with Gasteiger partial charge in [-0.3, -0.25) is 9.59 Å². The van der Waals surface area contributed by atoms with Crippen LogP contribution in [0.25, 0.3) is 0 Å². The summed E-state index contributed by atoms with van der Waals surface area (Å²) in [6.07, 6.45) is 10.3. The van der Waals surface area contributed by atoms with E-state index in [1.165, 1.54) is 32.1 Å². The van der Waals surface area contributed by atoms with Crippen LogP contribution in [0.5, 0.6) is 0 Å². The van der Waals surface area contributed by atoms with Crippen molar-refractivity contribution in [2.45, 2.75) is 102 Å². The van der Waals surface area contributed by atoms with E-state index in [9.17, 15) is 9.59 Å². The van der Waals surface area contributed by atoms with Crippen molar-refractivity contribution in [3.8, 4) is 0 Å². The van der Waals surface area contributed by atoms with Crippen LogP contribution < -0.4 is 5.32 Å². The molecule has 1 N–H and O–H groups in total. The van der Waals surface area contributed by atoms with Crippen molar-refractivity contribution in [1.82, 2.24) is 5.32 Å². The zero-order valence-electron chi connectivity index (χ0n) is 19.0. The summed E-state index contributed by atoms with van der Waals surface area (Å²) in [5.74, 6) is 0.317. The summed E-state index contributed by atoms with van der Waals surface area (Å²) in [7, 11) is 1.55. The standard InChI is InChI=1S/C24H35NO6/c1-5-6-7-8-9-14(2)12-15(3)10-11-17(26)25-16-13-24(31-23(16)28-4)21-19(29-21)18(27)20-22(24)30-20/h10-12,14,16,19-23H,5-9,13H2,1-4H3,(H,25,26)/b11-10+,15-12+/t14-,16+,19-,20+,21-,22+,23-,24?/m1/s1. The SMILES string of the molecule is CCCCCC[C@@H](C)/C=C(C)/C=C/C(=O)N[C@H]1CC2(O[C@H]1OC)[C@@H]1O[C@@H]1C(=O)[C@@H]1O[C@@H]12. The minimum absolute atomic E-state index is 0.00969. The molecule has 172 valence electrons. The van der Waals surface area contributed by atoms with Crippen LogP contribution >= 0.6 is 0 Å². The van der Waals surface area contributed by atoms with E-state index in [2.05, 4.69) is 25.2 Å². The average Bonchev–Trinajstić information content (AvgIpc) is 3.65. The maximum absolute atomic E-state index is 12.5. The number of ketones is 1. The van der Waals surface area contributed by atoms with Crippen LogP contribution in [0.2, 0.25) is 0 Å². The van der Waals surface area contributed by atoms with Gasteiger partial charge in [0.25, 0.3) is 0 Å². The number of epoxide rings is 2. The Bertz CT molecular complexity index is 741. The van der Waals surface area contributed by atoms with Gasteiger partial charge in [0.1, 0.15) is 30.0 Å². The molecule has 0 bridgehead atoms. The number of carbonyl (C=O) groups is 2. The number of ether oxygens (including phenoxy) is 4. The quantitative estimate of drug-likeness (QED) is 0.247. The minimum Gasteiger partial charge on any atom is -0.358 e. The first-order valence-corrected chi connectivity index (χ1v) is 11.6. The van der Waals surface area contributed by atoms with Gasteiger partial charge in [-0.2, -0.15) is 0 Å². The number of allylic oxidation sites excluding steroid dienone is 3. The molecule has 31 heavy (non-hydrogen) atoms. The van der Waals surface area contributed by atoms with Crippen LogP contribution in [-0.2, 0) is 28.5 Å². The van der Waals surface area contributed by atoms with Gasteiger partial charge in [0, 0.05) is 19.6 Å². The van der Waals surface area contributed by atoms with Crippen molar-refractivity contribution >= 4 is 11.7 Å². The maximum Gasteiger partial charge on any atom is 0.244 e. The van der Waals surface area contributed by atoms with Gasteiger partial charge in [0.2, 0.25) is 5.91 Å². The largest absolute Gasteiger partial charge is 0.358 e. The highest BCUT2D eigenvalue weighted by Gasteiger charge is 2.79. The summed E-state index contributed by atoms with van der Waals surface area (Å²) in [6.45, 7) is 6.46. The Morgan fingerprint density at radius 2 is 1.94 bits per heavy atom. The number of hydrogen-bond donors (Lipinski definition) is 1. The summed E-state index contributed by atoms with van der Waals surface area (Å²) in [5.41, 5.74) is 0.365. The molecule has 4 rings (SSSR count). The van der Waals surface area contributed by atoms with Gasteiger partial charge in [-0.15, -0.1) is 0 Å². The van der Waals surface area contributed by atoms with Gasteiger partial charge in [0.05, 0.1) is 6.04 Å². The first-order valence-electron chi connectivity index (χ1n) is 11.6. The molecule has 4 fully saturated rings. The molecular weight excluding hydrogens is 398 g/mol. The monoisotopic (exact) mass is 433 g/mol. The van der Waals surface area contributed by atoms with Crippen molar-refractivity contribution in [2.75, 3.05) is 7.11 Å². The highest BCUT2D eigenvalue weighted by molar-refractivity contribution is 5.94. The van der Waals surface area contributed by atoms with Crippen molar-refractivity contribution in [3.63, 3.8) is 0 Å². The van der Waals surface area contributed by atoms with Gasteiger partial charge in [-0.1, -0.05) is 57.3 Å². The number of amides is 1. The fourth-order valence-corrected chi connectivity index (χ4v) is 5.13. The molecule has 1 unspecified atom stereocenters. The van der Waals surface area contributed by atoms with Crippen molar-refractivity contribution in [1.29, 1.82) is 0 Å². The number of hydrogen-bond acceptors (Lipinski definition) is 6. The van der Waals surface area contributed by atoms with E-state index in [1.54, 1.807) is 13.2 Å². The van der Waals surface area contributed by atoms with Crippen molar-refractivity contribution in [3.05, 3.63) is 23.8 Å². The van der Waals surface area contributed by atoms with Crippen LogP contribution in [0, 0.1) is 5.92 Å². The Hall–Kier alpha value is -1.54. The minimum atomic E-state index is -0.714.